The second kappa shape index (κ2) is 5.65. The van der Waals surface area contributed by atoms with Gasteiger partial charge in [0.25, 0.3) is 5.91 Å². The summed E-state index contributed by atoms with van der Waals surface area (Å²) in [5.74, 6) is 0.328. The highest BCUT2D eigenvalue weighted by Gasteiger charge is 2.23. The first kappa shape index (κ1) is 14.3. The molecule has 0 saturated carbocycles. The zero-order chi connectivity index (χ0) is 15.0. The number of amides is 1. The minimum atomic E-state index is -0.405. The first-order valence-electron chi connectivity index (χ1n) is 6.00. The summed E-state index contributed by atoms with van der Waals surface area (Å²) in [5.41, 5.74) is 0.696. The van der Waals surface area contributed by atoms with Crippen LogP contribution in [0.2, 0.25) is 0 Å². The quantitative estimate of drug-likeness (QED) is 0.768. The summed E-state index contributed by atoms with van der Waals surface area (Å²) in [6.07, 6.45) is 0. The number of imidazole rings is 1. The number of anilines is 1. The second-order valence-electron chi connectivity index (χ2n) is 4.28. The summed E-state index contributed by atoms with van der Waals surface area (Å²) in [6.45, 7) is 0.708. The zero-order valence-electron chi connectivity index (χ0n) is 10.6. The molecule has 0 atom stereocenters. The molecule has 21 heavy (non-hydrogen) atoms. The van der Waals surface area contributed by atoms with Gasteiger partial charge in [-0.1, -0.05) is 11.8 Å². The molecule has 1 aromatic heterocycles. The Balaban J connectivity index is 1.91. The molecule has 0 bridgehead atoms. The maximum atomic E-state index is 13.1. The molecule has 1 aromatic carbocycles. The molecule has 0 radical (unpaired) electrons. The Labute approximate surface area is 137 Å². The van der Waals surface area contributed by atoms with Crippen molar-refractivity contribution in [2.75, 3.05) is 11.1 Å². The lowest BCUT2D eigenvalue weighted by atomic mass is 10.2. The van der Waals surface area contributed by atoms with Gasteiger partial charge in [-0.2, -0.15) is 5.26 Å². The standard InChI is InChI=1S/C13H8FIN4OS/c14-7-1-2-8(9(15)5-7)12(20)17-11-10(6-16)19-3-4-21-13(19)18-11/h1-2,5H,3-4H2,(H,17,20). The molecule has 2 aromatic rings. The highest BCUT2D eigenvalue weighted by atomic mass is 127. The highest BCUT2D eigenvalue weighted by molar-refractivity contribution is 14.1. The molecule has 5 nitrogen and oxygen atoms in total. The average Bonchev–Trinajstić information content (AvgIpc) is 2.98. The predicted molar refractivity (Wildman–Crippen MR) is 84.7 cm³/mol. The van der Waals surface area contributed by atoms with Gasteiger partial charge in [0.1, 0.15) is 11.9 Å². The summed E-state index contributed by atoms with van der Waals surface area (Å²) >= 11 is 3.44. The van der Waals surface area contributed by atoms with Crippen LogP contribution in [0.15, 0.2) is 23.4 Å². The van der Waals surface area contributed by atoms with E-state index in [2.05, 4.69) is 16.4 Å². The number of benzene rings is 1. The Morgan fingerprint density at radius 3 is 3.10 bits per heavy atom. The molecule has 1 aliphatic rings. The van der Waals surface area contributed by atoms with E-state index in [4.69, 9.17) is 0 Å². The van der Waals surface area contributed by atoms with Crippen molar-refractivity contribution in [2.45, 2.75) is 11.7 Å². The third-order valence-electron chi connectivity index (χ3n) is 2.99. The highest BCUT2D eigenvalue weighted by Crippen LogP contribution is 2.30. The van der Waals surface area contributed by atoms with E-state index in [-0.39, 0.29) is 5.82 Å². The molecule has 0 spiro atoms. The SMILES string of the molecule is N#Cc1c(NC(=O)c2ccc(F)cc2I)nc2n1CCS2. The van der Waals surface area contributed by atoms with Crippen LogP contribution in [-0.2, 0) is 6.54 Å². The lowest BCUT2D eigenvalue weighted by molar-refractivity contribution is 0.102. The van der Waals surface area contributed by atoms with Crippen molar-refractivity contribution in [3.63, 3.8) is 0 Å². The molecular formula is C13H8FIN4OS. The Morgan fingerprint density at radius 1 is 1.57 bits per heavy atom. The number of nitrogens with one attached hydrogen (secondary N) is 1. The summed E-state index contributed by atoms with van der Waals surface area (Å²) in [7, 11) is 0. The van der Waals surface area contributed by atoms with E-state index in [9.17, 15) is 14.4 Å². The van der Waals surface area contributed by atoms with Crippen molar-refractivity contribution in [3.05, 3.63) is 38.8 Å². The topological polar surface area (TPSA) is 70.7 Å². The van der Waals surface area contributed by atoms with Crippen molar-refractivity contribution >= 4 is 46.1 Å². The van der Waals surface area contributed by atoms with E-state index in [1.807, 2.05) is 22.6 Å². The molecule has 0 aliphatic carbocycles. The maximum absolute atomic E-state index is 13.1. The number of carbonyl (C=O) groups is 1. The number of rotatable bonds is 2. The summed E-state index contributed by atoms with van der Waals surface area (Å²) < 4.78 is 15.4. The number of nitrogens with zero attached hydrogens (tertiary/aromatic N) is 3. The first-order valence-corrected chi connectivity index (χ1v) is 8.06. The van der Waals surface area contributed by atoms with Gasteiger partial charge < -0.3 is 9.88 Å². The van der Waals surface area contributed by atoms with Gasteiger partial charge in [0.05, 0.1) is 5.56 Å². The number of carbonyl (C=O) groups excluding carboxylic acids is 1. The molecule has 3 rings (SSSR count). The van der Waals surface area contributed by atoms with Gasteiger partial charge in [-0.05, 0) is 40.8 Å². The number of nitriles is 1. The van der Waals surface area contributed by atoms with Crippen LogP contribution in [0, 0.1) is 20.7 Å². The summed E-state index contributed by atoms with van der Waals surface area (Å²) in [6, 6.07) is 5.99. The number of hydrogen-bond acceptors (Lipinski definition) is 4. The van der Waals surface area contributed by atoms with Crippen molar-refractivity contribution in [1.29, 1.82) is 5.26 Å². The molecular weight excluding hydrogens is 406 g/mol. The van der Waals surface area contributed by atoms with Crippen molar-refractivity contribution in [3.8, 4) is 6.07 Å². The Morgan fingerprint density at radius 2 is 2.38 bits per heavy atom. The number of thioether (sulfide) groups is 1. The Kier molecular flexibility index (Phi) is 3.86. The van der Waals surface area contributed by atoms with E-state index in [0.29, 0.717) is 21.4 Å². The lowest BCUT2D eigenvalue weighted by Crippen LogP contribution is -2.15. The monoisotopic (exact) mass is 414 g/mol. The molecule has 8 heteroatoms. The predicted octanol–water partition coefficient (Wildman–Crippen LogP) is 2.86. The normalized spacial score (nSPS) is 12.8. The minimum absolute atomic E-state index is 0.254. The van der Waals surface area contributed by atoms with Crippen LogP contribution in [0.5, 0.6) is 0 Å². The average molecular weight is 414 g/mol. The smallest absolute Gasteiger partial charge is 0.257 e. The Hall–Kier alpha value is -1.60. The van der Waals surface area contributed by atoms with Gasteiger partial charge in [-0.3, -0.25) is 4.79 Å². The fraction of sp³-hybridized carbons (Fsp3) is 0.154. The van der Waals surface area contributed by atoms with Gasteiger partial charge in [-0.15, -0.1) is 0 Å². The van der Waals surface area contributed by atoms with Gasteiger partial charge in [0.2, 0.25) is 0 Å². The maximum Gasteiger partial charge on any atom is 0.257 e. The molecule has 1 N–H and O–H groups in total. The van der Waals surface area contributed by atoms with Crippen LogP contribution in [0.4, 0.5) is 10.2 Å². The van der Waals surface area contributed by atoms with Crippen molar-refractivity contribution in [2.24, 2.45) is 0 Å². The molecule has 0 saturated heterocycles. The molecule has 2 heterocycles. The fourth-order valence-electron chi connectivity index (χ4n) is 2.03. The van der Waals surface area contributed by atoms with E-state index >= 15 is 0 Å². The molecule has 1 amide bonds. The lowest BCUT2D eigenvalue weighted by Gasteiger charge is -2.05. The summed E-state index contributed by atoms with van der Waals surface area (Å²) in [4.78, 5) is 16.5. The summed E-state index contributed by atoms with van der Waals surface area (Å²) in [5, 5.41) is 12.6. The van der Waals surface area contributed by atoms with Crippen LogP contribution < -0.4 is 5.32 Å². The van der Waals surface area contributed by atoms with Crippen LogP contribution in [0.1, 0.15) is 16.1 Å². The number of halogens is 2. The van der Waals surface area contributed by atoms with Crippen LogP contribution in [0.25, 0.3) is 0 Å². The zero-order valence-corrected chi connectivity index (χ0v) is 13.5. The van der Waals surface area contributed by atoms with E-state index in [1.165, 1.54) is 18.2 Å². The fourth-order valence-corrected chi connectivity index (χ4v) is 3.70. The van der Waals surface area contributed by atoms with E-state index in [1.54, 1.807) is 16.3 Å². The number of aromatic nitrogens is 2. The van der Waals surface area contributed by atoms with Crippen molar-refractivity contribution < 1.29 is 9.18 Å². The molecule has 0 unspecified atom stereocenters. The van der Waals surface area contributed by atoms with Crippen LogP contribution >= 0.6 is 34.4 Å². The molecule has 106 valence electrons. The second-order valence-corrected chi connectivity index (χ2v) is 6.51. The van der Waals surface area contributed by atoms with Crippen molar-refractivity contribution in [1.82, 2.24) is 9.55 Å². The minimum Gasteiger partial charge on any atom is -0.308 e. The van der Waals surface area contributed by atoms with Gasteiger partial charge in [0, 0.05) is 15.9 Å². The third-order valence-corrected chi connectivity index (χ3v) is 4.84. The van der Waals surface area contributed by atoms with Crippen LogP contribution in [0.3, 0.4) is 0 Å². The molecule has 0 fully saturated rings. The first-order chi connectivity index (χ1) is 10.1. The molecule has 1 aliphatic heterocycles. The number of hydrogen-bond donors (Lipinski definition) is 1. The van der Waals surface area contributed by atoms with Gasteiger partial charge in [0.15, 0.2) is 16.7 Å². The largest absolute Gasteiger partial charge is 0.308 e. The van der Waals surface area contributed by atoms with Gasteiger partial charge in [-0.25, -0.2) is 9.37 Å². The Bertz CT molecular complexity index is 783. The third kappa shape index (κ3) is 2.63. The van der Waals surface area contributed by atoms with Gasteiger partial charge >= 0.3 is 0 Å². The van der Waals surface area contributed by atoms with Crippen LogP contribution in [-0.4, -0.2) is 21.2 Å². The van der Waals surface area contributed by atoms with E-state index < -0.39 is 11.7 Å². The number of fused-ring (bicyclic) bond motifs is 1. The van der Waals surface area contributed by atoms with E-state index in [0.717, 1.165) is 10.9 Å².